The average molecular weight is 440 g/mol. The van der Waals surface area contributed by atoms with Crippen molar-refractivity contribution in [3.63, 3.8) is 0 Å². The minimum absolute atomic E-state index is 0.000118. The van der Waals surface area contributed by atoms with Gasteiger partial charge in [0.1, 0.15) is 6.10 Å². The number of hydrogen-bond donors (Lipinski definition) is 1. The van der Waals surface area contributed by atoms with E-state index in [9.17, 15) is 0 Å². The summed E-state index contributed by atoms with van der Waals surface area (Å²) in [5.41, 5.74) is 2.39. The topological polar surface area (TPSA) is 39.7 Å². The summed E-state index contributed by atoms with van der Waals surface area (Å²) in [7, 11) is 2.00. The van der Waals surface area contributed by atoms with Gasteiger partial charge in [0.2, 0.25) is 0 Å². The normalized spacial score (nSPS) is 22.9. The molecule has 4 nitrogen and oxygen atoms in total. The largest absolute Gasteiger partial charge is 0.374 e. The number of benzene rings is 2. The third-order valence-corrected chi connectivity index (χ3v) is 6.34. The number of nitrogens with one attached hydrogen (secondary N) is 1. The number of rotatable bonds is 15. The van der Waals surface area contributed by atoms with Gasteiger partial charge in [0.15, 0.2) is 0 Å². The maximum absolute atomic E-state index is 6.43. The highest BCUT2D eigenvalue weighted by Crippen LogP contribution is 2.30. The lowest BCUT2D eigenvalue weighted by Crippen LogP contribution is -2.45. The van der Waals surface area contributed by atoms with Gasteiger partial charge in [-0.15, -0.1) is 0 Å². The molecule has 1 N–H and O–H groups in total. The second-order valence-electron chi connectivity index (χ2n) is 8.82. The highest BCUT2D eigenvalue weighted by atomic mass is 16.6. The summed E-state index contributed by atoms with van der Waals surface area (Å²) in [6.07, 6.45) is 8.52. The first-order chi connectivity index (χ1) is 15.8. The van der Waals surface area contributed by atoms with Crippen molar-refractivity contribution >= 4 is 0 Å². The Kier molecular flexibility index (Phi) is 11.2. The van der Waals surface area contributed by atoms with Crippen LogP contribution >= 0.6 is 0 Å². The molecular formula is C28H41NO3. The van der Waals surface area contributed by atoms with Gasteiger partial charge in [-0.1, -0.05) is 99.7 Å². The number of likely N-dealkylation sites (N-methyl/N-ethyl adjacent to an activating group) is 1. The molecule has 2 aromatic carbocycles. The highest BCUT2D eigenvalue weighted by molar-refractivity contribution is 5.14. The Labute approximate surface area is 194 Å². The molecule has 0 radical (unpaired) electrons. The van der Waals surface area contributed by atoms with Gasteiger partial charge in [-0.3, -0.25) is 0 Å². The second-order valence-corrected chi connectivity index (χ2v) is 8.82. The fraction of sp³-hybridized carbons (Fsp3) is 0.571. The van der Waals surface area contributed by atoms with Crippen molar-refractivity contribution in [1.29, 1.82) is 0 Å². The molecule has 0 saturated heterocycles. The van der Waals surface area contributed by atoms with Crippen LogP contribution in [0.5, 0.6) is 0 Å². The molecule has 2 aromatic rings. The van der Waals surface area contributed by atoms with Gasteiger partial charge in [0.05, 0.1) is 31.5 Å². The molecule has 1 aliphatic carbocycles. The van der Waals surface area contributed by atoms with E-state index in [0.717, 1.165) is 19.4 Å². The first-order valence-corrected chi connectivity index (χ1v) is 12.4. The van der Waals surface area contributed by atoms with Gasteiger partial charge < -0.3 is 19.5 Å². The summed E-state index contributed by atoms with van der Waals surface area (Å²) in [5.74, 6) is 0. The predicted octanol–water partition coefficient (Wildman–Crippen LogP) is 5.89. The van der Waals surface area contributed by atoms with E-state index in [2.05, 4.69) is 60.8 Å². The van der Waals surface area contributed by atoms with Crippen molar-refractivity contribution in [2.45, 2.75) is 89.4 Å². The molecule has 0 aromatic heterocycles. The lowest BCUT2D eigenvalue weighted by Gasteiger charge is -2.27. The van der Waals surface area contributed by atoms with E-state index in [0.29, 0.717) is 13.2 Å². The molecule has 0 amide bonds. The van der Waals surface area contributed by atoms with Crippen molar-refractivity contribution in [2.24, 2.45) is 0 Å². The summed E-state index contributed by atoms with van der Waals surface area (Å²) in [5, 5.41) is 3.47. The van der Waals surface area contributed by atoms with Crippen molar-refractivity contribution < 1.29 is 14.2 Å². The molecule has 0 unspecified atom stereocenters. The number of hydrogen-bond acceptors (Lipinski definition) is 4. The third kappa shape index (κ3) is 8.00. The summed E-state index contributed by atoms with van der Waals surface area (Å²) in [4.78, 5) is 0. The third-order valence-electron chi connectivity index (χ3n) is 6.34. The fourth-order valence-corrected chi connectivity index (χ4v) is 4.51. The van der Waals surface area contributed by atoms with E-state index in [1.165, 1.54) is 43.2 Å². The zero-order valence-electron chi connectivity index (χ0n) is 19.9. The molecule has 0 aliphatic heterocycles. The van der Waals surface area contributed by atoms with Crippen LogP contribution in [-0.4, -0.2) is 38.0 Å². The Morgan fingerprint density at radius 3 is 1.88 bits per heavy atom. The quantitative estimate of drug-likeness (QED) is 0.351. The standard InChI is InChI=1S/C28H41NO3/c1-3-4-5-6-7-14-19-30-28-26(32-22-24-17-12-9-13-18-24)20-25(27(28)29-2)31-21-23-15-10-8-11-16-23/h8-13,15-18,25-29H,3-7,14,19-22H2,1-2H3/t25-,26+,27+,28+/m0/s1. The van der Waals surface area contributed by atoms with E-state index in [4.69, 9.17) is 14.2 Å². The van der Waals surface area contributed by atoms with Crippen molar-refractivity contribution in [3.05, 3.63) is 71.8 Å². The van der Waals surface area contributed by atoms with Crippen LogP contribution in [0.25, 0.3) is 0 Å². The molecule has 4 heteroatoms. The minimum atomic E-state index is 0.000118. The smallest absolute Gasteiger partial charge is 0.101 e. The highest BCUT2D eigenvalue weighted by Gasteiger charge is 2.44. The van der Waals surface area contributed by atoms with Crippen LogP contribution < -0.4 is 5.32 Å². The molecule has 176 valence electrons. The molecule has 3 rings (SSSR count). The number of ether oxygens (including phenoxy) is 3. The first-order valence-electron chi connectivity index (χ1n) is 12.4. The minimum Gasteiger partial charge on any atom is -0.374 e. The molecular weight excluding hydrogens is 398 g/mol. The maximum Gasteiger partial charge on any atom is 0.101 e. The molecule has 4 atom stereocenters. The Morgan fingerprint density at radius 2 is 1.28 bits per heavy atom. The van der Waals surface area contributed by atoms with Gasteiger partial charge >= 0.3 is 0 Å². The monoisotopic (exact) mass is 439 g/mol. The van der Waals surface area contributed by atoms with E-state index < -0.39 is 0 Å². The van der Waals surface area contributed by atoms with Crippen LogP contribution in [0.4, 0.5) is 0 Å². The Bertz CT molecular complexity index is 724. The molecule has 0 spiro atoms. The second kappa shape index (κ2) is 14.4. The lowest BCUT2D eigenvalue weighted by atomic mass is 10.1. The lowest BCUT2D eigenvalue weighted by molar-refractivity contribution is -0.0715. The van der Waals surface area contributed by atoms with E-state index in [-0.39, 0.29) is 24.4 Å². The summed E-state index contributed by atoms with van der Waals surface area (Å²) >= 11 is 0. The summed E-state index contributed by atoms with van der Waals surface area (Å²) in [6.45, 7) is 4.25. The van der Waals surface area contributed by atoms with Gasteiger partial charge in [-0.2, -0.15) is 0 Å². The van der Waals surface area contributed by atoms with Crippen LogP contribution in [0.2, 0.25) is 0 Å². The van der Waals surface area contributed by atoms with Crippen LogP contribution in [-0.2, 0) is 27.4 Å². The number of unbranched alkanes of at least 4 members (excludes halogenated alkanes) is 5. The molecule has 1 aliphatic rings. The van der Waals surface area contributed by atoms with Gasteiger partial charge in [-0.25, -0.2) is 0 Å². The zero-order valence-corrected chi connectivity index (χ0v) is 19.9. The molecule has 32 heavy (non-hydrogen) atoms. The zero-order chi connectivity index (χ0) is 22.4. The Morgan fingerprint density at radius 1 is 0.719 bits per heavy atom. The molecule has 1 fully saturated rings. The van der Waals surface area contributed by atoms with Crippen molar-refractivity contribution in [1.82, 2.24) is 5.32 Å². The fourth-order valence-electron chi connectivity index (χ4n) is 4.51. The summed E-state index contributed by atoms with van der Waals surface area (Å²) < 4.78 is 19.2. The summed E-state index contributed by atoms with van der Waals surface area (Å²) in [6, 6.07) is 20.9. The Balaban J connectivity index is 1.55. The van der Waals surface area contributed by atoms with Crippen LogP contribution in [0.3, 0.4) is 0 Å². The van der Waals surface area contributed by atoms with Gasteiger partial charge in [-0.05, 0) is 24.6 Å². The van der Waals surface area contributed by atoms with Crippen molar-refractivity contribution in [2.75, 3.05) is 13.7 Å². The van der Waals surface area contributed by atoms with Gasteiger partial charge in [0.25, 0.3) is 0 Å². The van der Waals surface area contributed by atoms with Gasteiger partial charge in [0, 0.05) is 13.0 Å². The van der Waals surface area contributed by atoms with Crippen LogP contribution in [0.1, 0.15) is 63.0 Å². The molecule has 0 bridgehead atoms. The predicted molar refractivity (Wildman–Crippen MR) is 131 cm³/mol. The maximum atomic E-state index is 6.43. The van der Waals surface area contributed by atoms with E-state index in [1.807, 2.05) is 19.2 Å². The SMILES string of the molecule is CCCCCCCCO[C@H]1[C@H](NC)[C@@H](OCc2ccccc2)C[C@H]1OCc1ccccc1. The van der Waals surface area contributed by atoms with Crippen LogP contribution in [0.15, 0.2) is 60.7 Å². The van der Waals surface area contributed by atoms with E-state index >= 15 is 0 Å². The molecule has 0 heterocycles. The van der Waals surface area contributed by atoms with E-state index in [1.54, 1.807) is 0 Å². The Hall–Kier alpha value is -1.72. The van der Waals surface area contributed by atoms with Crippen LogP contribution in [0, 0.1) is 0 Å². The molecule has 1 saturated carbocycles. The first kappa shape index (κ1) is 24.9. The van der Waals surface area contributed by atoms with Crippen molar-refractivity contribution in [3.8, 4) is 0 Å². The average Bonchev–Trinajstić information content (AvgIpc) is 3.18.